The molecule has 0 heterocycles. The summed E-state index contributed by atoms with van der Waals surface area (Å²) in [5.41, 5.74) is 1.86. The van der Waals surface area contributed by atoms with Crippen molar-refractivity contribution in [3.63, 3.8) is 0 Å². The summed E-state index contributed by atoms with van der Waals surface area (Å²) >= 11 is 0. The van der Waals surface area contributed by atoms with E-state index in [1.165, 1.54) is 6.07 Å². The van der Waals surface area contributed by atoms with Gasteiger partial charge in [-0.15, -0.1) is 0 Å². The first-order chi connectivity index (χ1) is 12.7. The lowest BCUT2D eigenvalue weighted by Gasteiger charge is -2.13. The maximum absolute atomic E-state index is 14.0. The Kier molecular flexibility index (Phi) is 7.44. The minimum Gasteiger partial charge on any atom is -0.496 e. The van der Waals surface area contributed by atoms with E-state index in [4.69, 9.17) is 10.00 Å². The molecule has 26 heavy (non-hydrogen) atoms. The zero-order valence-corrected chi connectivity index (χ0v) is 15.1. The van der Waals surface area contributed by atoms with Crippen LogP contribution in [0.15, 0.2) is 47.5 Å². The molecule has 0 spiro atoms. The van der Waals surface area contributed by atoms with Crippen LogP contribution in [0.5, 0.6) is 5.75 Å². The van der Waals surface area contributed by atoms with Crippen LogP contribution in [0.3, 0.4) is 0 Å². The average Bonchev–Trinajstić information content (AvgIpc) is 2.67. The number of benzene rings is 2. The van der Waals surface area contributed by atoms with Crippen molar-refractivity contribution in [2.24, 2.45) is 4.99 Å². The molecule has 0 amide bonds. The number of nitriles is 1. The van der Waals surface area contributed by atoms with Gasteiger partial charge < -0.3 is 15.4 Å². The molecule has 0 saturated carbocycles. The van der Waals surface area contributed by atoms with Crippen molar-refractivity contribution in [1.29, 1.82) is 5.26 Å². The Morgan fingerprint density at radius 3 is 2.69 bits per heavy atom. The third-order valence-corrected chi connectivity index (χ3v) is 3.81. The summed E-state index contributed by atoms with van der Waals surface area (Å²) in [4.78, 5) is 4.41. The highest BCUT2D eigenvalue weighted by Crippen LogP contribution is 2.17. The van der Waals surface area contributed by atoms with Crippen molar-refractivity contribution >= 4 is 5.96 Å². The normalized spacial score (nSPS) is 10.9. The van der Waals surface area contributed by atoms with E-state index in [2.05, 4.69) is 15.6 Å². The monoisotopic (exact) mass is 354 g/mol. The highest BCUT2D eigenvalue weighted by atomic mass is 19.1. The van der Waals surface area contributed by atoms with Crippen LogP contribution in [0.25, 0.3) is 0 Å². The summed E-state index contributed by atoms with van der Waals surface area (Å²) < 4.78 is 19.3. The number of halogens is 1. The molecular weight excluding hydrogens is 331 g/mol. The van der Waals surface area contributed by atoms with Gasteiger partial charge in [0.15, 0.2) is 5.96 Å². The number of hydrogen-bond donors (Lipinski definition) is 2. The molecule has 0 aliphatic heterocycles. The van der Waals surface area contributed by atoms with E-state index in [0.717, 1.165) is 17.7 Å². The van der Waals surface area contributed by atoms with Crippen molar-refractivity contribution in [3.8, 4) is 11.8 Å². The van der Waals surface area contributed by atoms with E-state index in [0.29, 0.717) is 30.2 Å². The maximum atomic E-state index is 14.0. The van der Waals surface area contributed by atoms with Crippen LogP contribution in [0, 0.1) is 17.1 Å². The van der Waals surface area contributed by atoms with Gasteiger partial charge in [0, 0.05) is 18.7 Å². The smallest absolute Gasteiger partial charge is 0.191 e. The Balaban J connectivity index is 1.97. The Morgan fingerprint density at radius 1 is 1.19 bits per heavy atom. The number of rotatable bonds is 7. The van der Waals surface area contributed by atoms with E-state index < -0.39 is 5.82 Å². The number of guanidine groups is 1. The molecule has 0 atom stereocenters. The molecule has 0 unspecified atom stereocenters. The Labute approximate surface area is 153 Å². The summed E-state index contributed by atoms with van der Waals surface area (Å²) in [6.45, 7) is 3.54. The fourth-order valence-electron chi connectivity index (χ4n) is 2.48. The molecule has 0 bridgehead atoms. The minimum atomic E-state index is -0.419. The highest BCUT2D eigenvalue weighted by Gasteiger charge is 2.05. The standard InChI is InChI=1S/C20H23FN4O/c1-3-23-20(24-11-10-16-6-4-5-7-19(16)26-2)25-14-17-9-8-15(13-22)12-18(17)21/h4-9,12H,3,10-11,14H2,1-2H3,(H2,23,24,25). The predicted octanol–water partition coefficient (Wildman–Crippen LogP) is 3.00. The molecule has 0 aliphatic rings. The van der Waals surface area contributed by atoms with Crippen LogP contribution >= 0.6 is 0 Å². The van der Waals surface area contributed by atoms with E-state index >= 15 is 0 Å². The Hall–Kier alpha value is -3.07. The minimum absolute atomic E-state index is 0.196. The van der Waals surface area contributed by atoms with Gasteiger partial charge in [0.25, 0.3) is 0 Å². The molecule has 0 aliphatic carbocycles. The molecule has 0 aromatic heterocycles. The van der Waals surface area contributed by atoms with E-state index in [1.807, 2.05) is 37.3 Å². The quantitative estimate of drug-likeness (QED) is 0.592. The van der Waals surface area contributed by atoms with Crippen molar-refractivity contribution < 1.29 is 9.13 Å². The van der Waals surface area contributed by atoms with Crippen molar-refractivity contribution in [3.05, 3.63) is 65.0 Å². The lowest BCUT2D eigenvalue weighted by atomic mass is 10.1. The predicted molar refractivity (Wildman–Crippen MR) is 101 cm³/mol. The summed E-state index contributed by atoms with van der Waals surface area (Å²) in [6, 6.07) is 14.2. The first-order valence-corrected chi connectivity index (χ1v) is 8.50. The molecule has 2 aromatic carbocycles. The number of para-hydroxylation sites is 1. The zero-order chi connectivity index (χ0) is 18.8. The van der Waals surface area contributed by atoms with Gasteiger partial charge in [0.1, 0.15) is 11.6 Å². The van der Waals surface area contributed by atoms with Gasteiger partial charge in [0.05, 0.1) is 25.3 Å². The number of methoxy groups -OCH3 is 1. The second kappa shape index (κ2) is 10.0. The summed E-state index contributed by atoms with van der Waals surface area (Å²) in [5, 5.41) is 15.2. The van der Waals surface area contributed by atoms with Crippen LogP contribution in [0.4, 0.5) is 4.39 Å². The Bertz CT molecular complexity index is 799. The number of aliphatic imine (C=N–C) groups is 1. The molecular formula is C20H23FN4O. The second-order valence-electron chi connectivity index (χ2n) is 5.60. The fourth-order valence-corrected chi connectivity index (χ4v) is 2.48. The van der Waals surface area contributed by atoms with Gasteiger partial charge in [0.2, 0.25) is 0 Å². The van der Waals surface area contributed by atoms with Crippen molar-refractivity contribution in [1.82, 2.24) is 10.6 Å². The van der Waals surface area contributed by atoms with Crippen molar-refractivity contribution in [2.45, 2.75) is 19.9 Å². The van der Waals surface area contributed by atoms with Crippen LogP contribution in [-0.4, -0.2) is 26.2 Å². The van der Waals surface area contributed by atoms with E-state index in [-0.39, 0.29) is 6.54 Å². The van der Waals surface area contributed by atoms with Gasteiger partial charge >= 0.3 is 0 Å². The summed E-state index contributed by atoms with van der Waals surface area (Å²) in [7, 11) is 1.66. The first-order valence-electron chi connectivity index (χ1n) is 8.50. The van der Waals surface area contributed by atoms with Gasteiger partial charge in [-0.05, 0) is 37.1 Å². The van der Waals surface area contributed by atoms with Gasteiger partial charge in [-0.3, -0.25) is 0 Å². The van der Waals surface area contributed by atoms with Gasteiger partial charge in [-0.25, -0.2) is 9.38 Å². The fraction of sp³-hybridized carbons (Fsp3) is 0.300. The third-order valence-electron chi connectivity index (χ3n) is 3.81. The summed E-state index contributed by atoms with van der Waals surface area (Å²) in [5.74, 6) is 1.06. The molecule has 2 rings (SSSR count). The average molecular weight is 354 g/mol. The van der Waals surface area contributed by atoms with Crippen molar-refractivity contribution in [2.75, 3.05) is 20.2 Å². The number of ether oxygens (including phenoxy) is 1. The topological polar surface area (TPSA) is 69.4 Å². The highest BCUT2D eigenvalue weighted by molar-refractivity contribution is 5.79. The molecule has 0 fully saturated rings. The molecule has 136 valence electrons. The van der Waals surface area contributed by atoms with Crippen LogP contribution < -0.4 is 15.4 Å². The molecule has 2 aromatic rings. The largest absolute Gasteiger partial charge is 0.496 e. The first kappa shape index (κ1) is 19.3. The van der Waals surface area contributed by atoms with Crippen LogP contribution in [-0.2, 0) is 13.0 Å². The van der Waals surface area contributed by atoms with Crippen LogP contribution in [0.1, 0.15) is 23.6 Å². The zero-order valence-electron chi connectivity index (χ0n) is 15.1. The molecule has 0 radical (unpaired) electrons. The summed E-state index contributed by atoms with van der Waals surface area (Å²) in [6.07, 6.45) is 0.777. The molecule has 6 heteroatoms. The number of nitrogens with one attached hydrogen (secondary N) is 2. The van der Waals surface area contributed by atoms with Gasteiger partial charge in [-0.1, -0.05) is 24.3 Å². The second-order valence-corrected chi connectivity index (χ2v) is 5.60. The molecule has 2 N–H and O–H groups in total. The lowest BCUT2D eigenvalue weighted by Crippen LogP contribution is -2.38. The maximum Gasteiger partial charge on any atom is 0.191 e. The Morgan fingerprint density at radius 2 is 2.00 bits per heavy atom. The molecule has 5 nitrogen and oxygen atoms in total. The van der Waals surface area contributed by atoms with Crippen LogP contribution in [0.2, 0.25) is 0 Å². The number of nitrogens with zero attached hydrogens (tertiary/aromatic N) is 2. The lowest BCUT2D eigenvalue weighted by molar-refractivity contribution is 0.409. The van der Waals surface area contributed by atoms with Gasteiger partial charge in [-0.2, -0.15) is 5.26 Å². The third kappa shape index (κ3) is 5.49. The SMILES string of the molecule is CCNC(=NCc1ccc(C#N)cc1F)NCCc1ccccc1OC. The molecule has 0 saturated heterocycles. The number of hydrogen-bond acceptors (Lipinski definition) is 3. The van der Waals surface area contributed by atoms with E-state index in [1.54, 1.807) is 19.2 Å². The van der Waals surface area contributed by atoms with E-state index in [9.17, 15) is 4.39 Å².